The number of anilines is 1. The van der Waals surface area contributed by atoms with Gasteiger partial charge in [0.1, 0.15) is 11.6 Å². The van der Waals surface area contributed by atoms with Gasteiger partial charge in [0, 0.05) is 32.4 Å². The second kappa shape index (κ2) is 8.68. The van der Waals surface area contributed by atoms with Gasteiger partial charge in [-0.1, -0.05) is 17.7 Å². The largest absolute Gasteiger partial charge is 0.353 e. The Morgan fingerprint density at radius 2 is 1.81 bits per heavy atom. The van der Waals surface area contributed by atoms with Gasteiger partial charge in [-0.15, -0.1) is 16.4 Å². The number of amides is 1. The van der Waals surface area contributed by atoms with Gasteiger partial charge in [-0.25, -0.2) is 19.0 Å². The van der Waals surface area contributed by atoms with Crippen molar-refractivity contribution in [3.8, 4) is 16.4 Å². The van der Waals surface area contributed by atoms with Gasteiger partial charge in [-0.05, 0) is 47.8 Å². The molecule has 32 heavy (non-hydrogen) atoms. The van der Waals surface area contributed by atoms with E-state index in [-0.39, 0.29) is 17.5 Å². The number of aromatic nitrogens is 4. The Kier molecular flexibility index (Phi) is 5.59. The van der Waals surface area contributed by atoms with Gasteiger partial charge in [0.25, 0.3) is 5.91 Å². The summed E-state index contributed by atoms with van der Waals surface area (Å²) in [5, 5.41) is 7.01. The second-order valence-electron chi connectivity index (χ2n) is 7.24. The number of thiophene rings is 1. The molecule has 5 rings (SSSR count). The molecule has 1 saturated heterocycles. The molecule has 0 radical (unpaired) electrons. The molecule has 0 N–H and O–H groups in total. The van der Waals surface area contributed by atoms with Crippen LogP contribution in [0.25, 0.3) is 16.4 Å². The molecule has 1 aromatic carbocycles. The van der Waals surface area contributed by atoms with Gasteiger partial charge in [-0.2, -0.15) is 0 Å². The number of benzene rings is 1. The first kappa shape index (κ1) is 20.6. The van der Waals surface area contributed by atoms with Crippen molar-refractivity contribution in [1.82, 2.24) is 24.6 Å². The van der Waals surface area contributed by atoms with Gasteiger partial charge in [0.2, 0.25) is 5.82 Å². The number of nitrogens with zero attached hydrogens (tertiary/aromatic N) is 6. The maximum Gasteiger partial charge on any atom is 0.293 e. The first-order chi connectivity index (χ1) is 15.6. The lowest BCUT2D eigenvalue weighted by Gasteiger charge is -2.34. The highest BCUT2D eigenvalue weighted by Gasteiger charge is 2.27. The third-order valence-corrected chi connectivity index (χ3v) is 6.30. The lowest BCUT2D eigenvalue weighted by molar-refractivity contribution is 0.0734. The zero-order valence-corrected chi connectivity index (χ0v) is 18.4. The Labute approximate surface area is 192 Å². The van der Waals surface area contributed by atoms with Crippen LogP contribution < -0.4 is 4.90 Å². The Morgan fingerprint density at radius 1 is 1.03 bits per heavy atom. The van der Waals surface area contributed by atoms with Crippen LogP contribution in [0.15, 0.2) is 60.1 Å². The smallest absolute Gasteiger partial charge is 0.293 e. The first-order valence-corrected chi connectivity index (χ1v) is 11.3. The summed E-state index contributed by atoms with van der Waals surface area (Å²) in [7, 11) is 0. The molecule has 4 heterocycles. The van der Waals surface area contributed by atoms with Crippen LogP contribution in [-0.2, 0) is 0 Å². The number of hydrogen-bond donors (Lipinski definition) is 0. The van der Waals surface area contributed by atoms with E-state index in [0.717, 1.165) is 10.7 Å². The summed E-state index contributed by atoms with van der Waals surface area (Å²) in [6, 6.07) is 13.5. The van der Waals surface area contributed by atoms with Crippen LogP contribution in [0.3, 0.4) is 0 Å². The van der Waals surface area contributed by atoms with Crippen LogP contribution in [0.2, 0.25) is 5.02 Å². The predicted octanol–water partition coefficient (Wildman–Crippen LogP) is 4.15. The number of carbonyl (C=O) groups excluding carboxylic acids is 1. The summed E-state index contributed by atoms with van der Waals surface area (Å²) in [4.78, 5) is 26.8. The van der Waals surface area contributed by atoms with Crippen LogP contribution >= 0.6 is 22.9 Å². The minimum Gasteiger partial charge on any atom is -0.353 e. The summed E-state index contributed by atoms with van der Waals surface area (Å²) >= 11 is 7.42. The van der Waals surface area contributed by atoms with E-state index in [1.807, 2.05) is 23.6 Å². The van der Waals surface area contributed by atoms with Crippen molar-refractivity contribution in [2.75, 3.05) is 31.1 Å². The van der Waals surface area contributed by atoms with Gasteiger partial charge in [-0.3, -0.25) is 4.79 Å². The maximum absolute atomic E-state index is 13.4. The lowest BCUT2D eigenvalue weighted by atomic mass is 10.3. The van der Waals surface area contributed by atoms with E-state index in [1.165, 1.54) is 23.5 Å². The van der Waals surface area contributed by atoms with Crippen molar-refractivity contribution in [3.63, 3.8) is 0 Å². The standard InChI is InChI=1S/C22H18ClFN6OS/c23-15-3-8-19(25-14-15)28-9-11-29(12-10-28)22(31)20-26-21(18-2-1-13-32-18)30(27-20)17-6-4-16(24)5-7-17/h1-8,13-14H,9-12H2. The zero-order valence-electron chi connectivity index (χ0n) is 16.9. The van der Waals surface area contributed by atoms with Gasteiger partial charge in [0.15, 0.2) is 5.82 Å². The minimum absolute atomic E-state index is 0.121. The average molecular weight is 469 g/mol. The summed E-state index contributed by atoms with van der Waals surface area (Å²) in [5.41, 5.74) is 0.639. The highest BCUT2D eigenvalue weighted by Crippen LogP contribution is 2.26. The minimum atomic E-state index is -0.337. The van der Waals surface area contributed by atoms with Crippen molar-refractivity contribution in [1.29, 1.82) is 0 Å². The first-order valence-electron chi connectivity index (χ1n) is 10.0. The van der Waals surface area contributed by atoms with Crippen molar-refractivity contribution in [3.05, 3.63) is 76.8 Å². The van der Waals surface area contributed by atoms with Crippen LogP contribution in [0.5, 0.6) is 0 Å². The van der Waals surface area contributed by atoms with Crippen molar-refractivity contribution in [2.24, 2.45) is 0 Å². The molecule has 1 aliphatic rings. The lowest BCUT2D eigenvalue weighted by Crippen LogP contribution is -2.49. The molecule has 0 unspecified atom stereocenters. The molecular weight excluding hydrogens is 451 g/mol. The van der Waals surface area contributed by atoms with Gasteiger partial charge in [0.05, 0.1) is 15.6 Å². The number of rotatable bonds is 4. The summed E-state index contributed by atoms with van der Waals surface area (Å²) < 4.78 is 15.0. The Balaban J connectivity index is 1.38. The molecule has 7 nitrogen and oxygen atoms in total. The van der Waals surface area contributed by atoms with Crippen molar-refractivity contribution >= 4 is 34.7 Å². The number of halogens is 2. The van der Waals surface area contributed by atoms with E-state index in [4.69, 9.17) is 11.6 Å². The molecule has 0 atom stereocenters. The van der Waals surface area contributed by atoms with E-state index in [0.29, 0.717) is 42.7 Å². The maximum atomic E-state index is 13.4. The molecular formula is C22H18ClFN6OS. The van der Waals surface area contributed by atoms with E-state index >= 15 is 0 Å². The third kappa shape index (κ3) is 4.09. The fraction of sp³-hybridized carbons (Fsp3) is 0.182. The third-order valence-electron chi connectivity index (χ3n) is 5.21. The second-order valence-corrected chi connectivity index (χ2v) is 8.62. The topological polar surface area (TPSA) is 67.2 Å². The van der Waals surface area contributed by atoms with E-state index < -0.39 is 0 Å². The van der Waals surface area contributed by atoms with E-state index in [1.54, 1.807) is 34.0 Å². The molecule has 0 bridgehead atoms. The molecule has 3 aromatic heterocycles. The average Bonchev–Trinajstić information content (AvgIpc) is 3.50. The molecule has 162 valence electrons. The van der Waals surface area contributed by atoms with Crippen LogP contribution in [0.4, 0.5) is 10.2 Å². The van der Waals surface area contributed by atoms with Crippen LogP contribution in [0, 0.1) is 5.82 Å². The molecule has 1 aliphatic heterocycles. The molecule has 4 aromatic rings. The van der Waals surface area contributed by atoms with E-state index in [2.05, 4.69) is 20.0 Å². The summed E-state index contributed by atoms with van der Waals surface area (Å²) in [5.74, 6) is 0.943. The number of piperazine rings is 1. The van der Waals surface area contributed by atoms with Gasteiger partial charge < -0.3 is 9.80 Å². The van der Waals surface area contributed by atoms with Crippen LogP contribution in [-0.4, -0.2) is 56.7 Å². The molecule has 0 spiro atoms. The predicted molar refractivity (Wildman–Crippen MR) is 122 cm³/mol. The molecule has 0 aliphatic carbocycles. The number of carbonyl (C=O) groups is 1. The SMILES string of the molecule is O=C(c1nc(-c2cccs2)n(-c2ccc(F)cc2)n1)N1CCN(c2ccc(Cl)cn2)CC1. The summed E-state index contributed by atoms with van der Waals surface area (Å²) in [6.07, 6.45) is 1.62. The quantitative estimate of drug-likeness (QED) is 0.450. The van der Waals surface area contributed by atoms with Crippen molar-refractivity contribution in [2.45, 2.75) is 0 Å². The van der Waals surface area contributed by atoms with E-state index in [9.17, 15) is 9.18 Å². The highest BCUT2D eigenvalue weighted by atomic mass is 35.5. The molecule has 10 heteroatoms. The normalized spacial score (nSPS) is 14.1. The van der Waals surface area contributed by atoms with Gasteiger partial charge >= 0.3 is 0 Å². The van der Waals surface area contributed by atoms with Crippen LogP contribution in [0.1, 0.15) is 10.6 Å². The number of pyridine rings is 1. The molecule has 1 amide bonds. The highest BCUT2D eigenvalue weighted by molar-refractivity contribution is 7.13. The molecule has 0 saturated carbocycles. The fourth-order valence-corrected chi connectivity index (χ4v) is 4.38. The molecule has 1 fully saturated rings. The zero-order chi connectivity index (χ0) is 22.1. The number of hydrogen-bond acceptors (Lipinski definition) is 6. The fourth-order valence-electron chi connectivity index (χ4n) is 3.57. The van der Waals surface area contributed by atoms with Crippen molar-refractivity contribution < 1.29 is 9.18 Å². The Morgan fingerprint density at radius 3 is 2.47 bits per heavy atom. The Bertz CT molecular complexity index is 1220. The monoisotopic (exact) mass is 468 g/mol. The Hall–Kier alpha value is -3.30. The summed E-state index contributed by atoms with van der Waals surface area (Å²) in [6.45, 7) is 2.36.